The van der Waals surface area contributed by atoms with Crippen LogP contribution in [0.15, 0.2) is 29.0 Å². The van der Waals surface area contributed by atoms with Gasteiger partial charge in [0.2, 0.25) is 6.29 Å². The number of halogens is 1. The van der Waals surface area contributed by atoms with Gasteiger partial charge in [-0.3, -0.25) is 4.79 Å². The van der Waals surface area contributed by atoms with E-state index in [0.29, 0.717) is 60.2 Å². The highest BCUT2D eigenvalue weighted by atomic mass is 79.9. The molecular weight excluding hydrogens is 480 g/mol. The topological polar surface area (TPSA) is 123 Å². The lowest BCUT2D eigenvalue weighted by Gasteiger charge is -2.12. The van der Waals surface area contributed by atoms with Crippen molar-refractivity contribution in [1.29, 1.82) is 5.26 Å². The molecule has 0 radical (unpaired) electrons. The highest BCUT2D eigenvalue weighted by Crippen LogP contribution is 2.32. The summed E-state index contributed by atoms with van der Waals surface area (Å²) in [6.45, 7) is 1.97. The van der Waals surface area contributed by atoms with Gasteiger partial charge in [-0.25, -0.2) is 9.97 Å². The van der Waals surface area contributed by atoms with Crippen LogP contribution < -0.4 is 10.6 Å². The molecule has 0 spiro atoms. The minimum absolute atomic E-state index is 0.311. The fraction of sp³-hybridized carbons (Fsp3) is 0.333. The third-order valence-corrected chi connectivity index (χ3v) is 5.55. The summed E-state index contributed by atoms with van der Waals surface area (Å²) in [5, 5.41) is 15.2. The molecular formula is C21H21BrN6O4. The Bertz CT molecular complexity index is 1200. The highest BCUT2D eigenvalue weighted by molar-refractivity contribution is 9.10. The van der Waals surface area contributed by atoms with E-state index in [-0.39, 0.29) is 5.91 Å². The van der Waals surface area contributed by atoms with Gasteiger partial charge in [-0.05, 0) is 22.0 Å². The van der Waals surface area contributed by atoms with Crippen molar-refractivity contribution in [2.75, 3.05) is 44.1 Å². The Kier molecular flexibility index (Phi) is 6.66. The number of methoxy groups -OCH3 is 1. The number of aryl methyl sites for hydroxylation is 1. The standard InChI is InChI=1S/C21H21BrN6O4/c1-28-11-13(18-16(28)7-14(22)19(27-18)21-31-5-6-32-21)20(29)26-17-8-15(24-3-4-30-2)12(9-23)10-25-17/h7-8,10-11,21H,3-6H2,1-2H3,(H2,24,25,26,29). The molecule has 3 aromatic heterocycles. The van der Waals surface area contributed by atoms with Crippen molar-refractivity contribution in [2.24, 2.45) is 7.05 Å². The van der Waals surface area contributed by atoms with Gasteiger partial charge in [0.05, 0.1) is 42.2 Å². The lowest BCUT2D eigenvalue weighted by Crippen LogP contribution is -2.14. The van der Waals surface area contributed by atoms with E-state index in [4.69, 9.17) is 14.2 Å². The van der Waals surface area contributed by atoms with Gasteiger partial charge in [-0.1, -0.05) is 0 Å². The number of hydrogen-bond donors (Lipinski definition) is 2. The van der Waals surface area contributed by atoms with Crippen molar-refractivity contribution in [2.45, 2.75) is 6.29 Å². The normalized spacial score (nSPS) is 13.9. The molecule has 0 aromatic carbocycles. The van der Waals surface area contributed by atoms with Crippen molar-refractivity contribution in [1.82, 2.24) is 14.5 Å². The van der Waals surface area contributed by atoms with Crippen molar-refractivity contribution in [3.8, 4) is 6.07 Å². The SMILES string of the molecule is COCCNc1cc(NC(=O)c2cn(C)c3cc(Br)c(C4OCCO4)nc23)ncc1C#N. The monoisotopic (exact) mass is 500 g/mol. The van der Waals surface area contributed by atoms with E-state index in [2.05, 4.69) is 42.6 Å². The lowest BCUT2D eigenvalue weighted by molar-refractivity contribution is -0.0476. The molecule has 1 saturated heterocycles. The zero-order valence-electron chi connectivity index (χ0n) is 17.5. The fourth-order valence-corrected chi connectivity index (χ4v) is 3.86. The smallest absolute Gasteiger partial charge is 0.260 e. The van der Waals surface area contributed by atoms with Gasteiger partial charge < -0.3 is 29.4 Å². The van der Waals surface area contributed by atoms with Gasteiger partial charge in [-0.2, -0.15) is 5.26 Å². The first-order valence-electron chi connectivity index (χ1n) is 9.84. The van der Waals surface area contributed by atoms with Crippen LogP contribution in [0.25, 0.3) is 11.0 Å². The molecule has 0 saturated carbocycles. The van der Waals surface area contributed by atoms with E-state index in [9.17, 15) is 10.1 Å². The highest BCUT2D eigenvalue weighted by Gasteiger charge is 2.25. The van der Waals surface area contributed by atoms with Crippen LogP contribution in [0.4, 0.5) is 11.5 Å². The van der Waals surface area contributed by atoms with E-state index in [1.54, 1.807) is 19.4 Å². The quantitative estimate of drug-likeness (QED) is 0.474. The molecule has 166 valence electrons. The number of ether oxygens (including phenoxy) is 3. The van der Waals surface area contributed by atoms with Crippen molar-refractivity contribution in [3.63, 3.8) is 0 Å². The lowest BCUT2D eigenvalue weighted by atomic mass is 10.2. The molecule has 1 aliphatic rings. The summed E-state index contributed by atoms with van der Waals surface area (Å²) in [6.07, 6.45) is 2.54. The van der Waals surface area contributed by atoms with Crippen molar-refractivity contribution < 1.29 is 19.0 Å². The Hall–Kier alpha value is -3.04. The fourth-order valence-electron chi connectivity index (χ4n) is 3.36. The second kappa shape index (κ2) is 9.62. The Morgan fingerprint density at radius 1 is 1.41 bits per heavy atom. The maximum atomic E-state index is 13.1. The molecule has 1 amide bonds. The van der Waals surface area contributed by atoms with Gasteiger partial charge in [0.1, 0.15) is 23.1 Å². The third-order valence-electron chi connectivity index (χ3n) is 4.92. The number of rotatable bonds is 7. The zero-order valence-corrected chi connectivity index (χ0v) is 19.1. The van der Waals surface area contributed by atoms with E-state index < -0.39 is 6.29 Å². The van der Waals surface area contributed by atoms with Gasteiger partial charge >= 0.3 is 0 Å². The van der Waals surface area contributed by atoms with Crippen LogP contribution in [0, 0.1) is 11.3 Å². The molecule has 0 atom stereocenters. The molecule has 32 heavy (non-hydrogen) atoms. The first-order chi connectivity index (χ1) is 15.5. The number of pyridine rings is 2. The number of nitrogens with one attached hydrogen (secondary N) is 2. The number of aromatic nitrogens is 3. The first-order valence-corrected chi connectivity index (χ1v) is 10.6. The Morgan fingerprint density at radius 2 is 2.19 bits per heavy atom. The predicted octanol–water partition coefficient (Wildman–Crippen LogP) is 2.96. The van der Waals surface area contributed by atoms with Crippen LogP contribution in [0.2, 0.25) is 0 Å². The minimum Gasteiger partial charge on any atom is -0.383 e. The minimum atomic E-state index is -0.578. The molecule has 10 nitrogen and oxygen atoms in total. The van der Waals surface area contributed by atoms with Crippen LogP contribution >= 0.6 is 15.9 Å². The van der Waals surface area contributed by atoms with E-state index in [1.807, 2.05) is 17.7 Å². The van der Waals surface area contributed by atoms with Crippen LogP contribution in [-0.4, -0.2) is 53.9 Å². The number of carbonyl (C=O) groups is 1. The number of anilines is 2. The second-order valence-electron chi connectivity index (χ2n) is 7.05. The van der Waals surface area contributed by atoms with Gasteiger partial charge in [0, 0.05) is 43.6 Å². The Labute approximate surface area is 192 Å². The zero-order chi connectivity index (χ0) is 22.7. The summed E-state index contributed by atoms with van der Waals surface area (Å²) < 4.78 is 18.7. The number of nitriles is 1. The average molecular weight is 501 g/mol. The number of amides is 1. The molecule has 3 aromatic rings. The molecule has 4 rings (SSSR count). The number of carbonyl (C=O) groups excluding carboxylic acids is 1. The second-order valence-corrected chi connectivity index (χ2v) is 7.91. The van der Waals surface area contributed by atoms with Crippen LogP contribution in [0.5, 0.6) is 0 Å². The molecule has 0 bridgehead atoms. The summed E-state index contributed by atoms with van der Waals surface area (Å²) in [7, 11) is 3.44. The summed E-state index contributed by atoms with van der Waals surface area (Å²) in [5.74, 6) is -0.0598. The molecule has 2 N–H and O–H groups in total. The summed E-state index contributed by atoms with van der Waals surface area (Å²) in [5.41, 5.74) is 3.20. The van der Waals surface area contributed by atoms with E-state index in [0.717, 1.165) is 9.99 Å². The number of hydrogen-bond acceptors (Lipinski definition) is 8. The summed E-state index contributed by atoms with van der Waals surface area (Å²) >= 11 is 3.52. The maximum Gasteiger partial charge on any atom is 0.260 e. The average Bonchev–Trinajstić information content (AvgIpc) is 3.42. The number of nitrogens with zero attached hydrogens (tertiary/aromatic N) is 4. The third kappa shape index (κ3) is 4.44. The van der Waals surface area contributed by atoms with E-state index in [1.165, 1.54) is 6.20 Å². The maximum absolute atomic E-state index is 13.1. The Balaban J connectivity index is 1.63. The van der Waals surface area contributed by atoms with E-state index >= 15 is 0 Å². The molecule has 0 unspecified atom stereocenters. The Morgan fingerprint density at radius 3 is 2.91 bits per heavy atom. The molecule has 1 aliphatic heterocycles. The largest absolute Gasteiger partial charge is 0.383 e. The van der Waals surface area contributed by atoms with Crippen LogP contribution in [0.3, 0.4) is 0 Å². The van der Waals surface area contributed by atoms with Crippen molar-refractivity contribution in [3.05, 3.63) is 45.8 Å². The van der Waals surface area contributed by atoms with Gasteiger partial charge in [0.25, 0.3) is 5.91 Å². The summed E-state index contributed by atoms with van der Waals surface area (Å²) in [4.78, 5) is 22.0. The molecule has 4 heterocycles. The summed E-state index contributed by atoms with van der Waals surface area (Å²) in [6, 6.07) is 5.58. The first kappa shape index (κ1) is 22.2. The van der Waals surface area contributed by atoms with Crippen molar-refractivity contribution >= 4 is 44.4 Å². The van der Waals surface area contributed by atoms with Crippen LogP contribution in [0.1, 0.15) is 27.9 Å². The van der Waals surface area contributed by atoms with Gasteiger partial charge in [0.15, 0.2) is 0 Å². The molecule has 0 aliphatic carbocycles. The van der Waals surface area contributed by atoms with Gasteiger partial charge in [-0.15, -0.1) is 0 Å². The molecule has 1 fully saturated rings. The van der Waals surface area contributed by atoms with Crippen LogP contribution in [-0.2, 0) is 21.3 Å². The molecule has 11 heteroatoms. The number of fused-ring (bicyclic) bond motifs is 1. The predicted molar refractivity (Wildman–Crippen MR) is 120 cm³/mol.